The zero-order valence-electron chi connectivity index (χ0n) is 15.1. The Hall–Kier alpha value is -1.73. The highest BCUT2D eigenvalue weighted by molar-refractivity contribution is 7.18. The molecule has 0 saturated heterocycles. The fourth-order valence-corrected chi connectivity index (χ4v) is 8.03. The summed E-state index contributed by atoms with van der Waals surface area (Å²) in [5.41, 5.74) is -0.0510. The van der Waals surface area contributed by atoms with Crippen LogP contribution in [-0.4, -0.2) is 32.1 Å². The minimum atomic E-state index is -0.628. The second-order valence-corrected chi connectivity index (χ2v) is 10.5. The quantitative estimate of drug-likeness (QED) is 0.739. The standard InChI is InChI=1S/C20H23N3O3S/c24-16-14-12-2-1-3-13(12)27-18(14)22-15(21-16)17(25)23-19-5-10-4-11(6-19)8-20(26,7-10)9-19/h10-11,26H,1-9H2,(H,23,25)(H,21,22,24). The third-order valence-electron chi connectivity index (χ3n) is 7.20. The summed E-state index contributed by atoms with van der Waals surface area (Å²) in [4.78, 5) is 34.8. The number of fused-ring (bicyclic) bond motifs is 3. The van der Waals surface area contributed by atoms with Crippen LogP contribution in [0.3, 0.4) is 0 Å². The van der Waals surface area contributed by atoms with Crippen LogP contribution in [-0.2, 0) is 12.8 Å². The number of aromatic amines is 1. The van der Waals surface area contributed by atoms with Crippen molar-refractivity contribution >= 4 is 27.5 Å². The Morgan fingerprint density at radius 2 is 2.00 bits per heavy atom. The fraction of sp³-hybridized carbons (Fsp3) is 0.650. The second-order valence-electron chi connectivity index (χ2n) is 9.37. The second kappa shape index (κ2) is 5.20. The van der Waals surface area contributed by atoms with Gasteiger partial charge >= 0.3 is 0 Å². The van der Waals surface area contributed by atoms with Crippen molar-refractivity contribution in [2.24, 2.45) is 11.8 Å². The highest BCUT2D eigenvalue weighted by atomic mass is 32.1. The molecule has 0 aromatic carbocycles. The molecule has 6 nitrogen and oxygen atoms in total. The van der Waals surface area contributed by atoms with Crippen LogP contribution in [0, 0.1) is 11.8 Å². The van der Waals surface area contributed by atoms with E-state index < -0.39 is 5.60 Å². The van der Waals surface area contributed by atoms with Gasteiger partial charge in [0.15, 0.2) is 0 Å². The van der Waals surface area contributed by atoms with Crippen LogP contribution in [0.25, 0.3) is 10.2 Å². The molecular formula is C20H23N3O3S. The number of hydrogen-bond acceptors (Lipinski definition) is 5. The van der Waals surface area contributed by atoms with E-state index in [1.54, 1.807) is 11.3 Å². The normalized spacial score (nSPS) is 36.3. The number of carbonyl (C=O) groups is 1. The van der Waals surface area contributed by atoms with Crippen LogP contribution in [0.4, 0.5) is 0 Å². The summed E-state index contributed by atoms with van der Waals surface area (Å²) in [5, 5.41) is 14.7. The molecule has 27 heavy (non-hydrogen) atoms. The van der Waals surface area contributed by atoms with Gasteiger partial charge in [0.1, 0.15) is 4.83 Å². The molecule has 2 aromatic rings. The van der Waals surface area contributed by atoms with E-state index in [0.717, 1.165) is 50.5 Å². The average molecular weight is 385 g/mol. The SMILES string of the molecule is O=C(NC12CC3CC(CC(O)(C3)C1)C2)c1nc2sc3c(c2c(=O)[nH]1)CCC3. The Labute approximate surface area is 160 Å². The van der Waals surface area contributed by atoms with Gasteiger partial charge in [0, 0.05) is 10.4 Å². The molecule has 1 amide bonds. The van der Waals surface area contributed by atoms with Crippen molar-refractivity contribution in [1.29, 1.82) is 0 Å². The first-order valence-electron chi connectivity index (χ1n) is 10.0. The Morgan fingerprint density at radius 3 is 2.74 bits per heavy atom. The minimum absolute atomic E-state index is 0.107. The number of thiophene rings is 1. The first-order chi connectivity index (χ1) is 12.9. The Balaban J connectivity index is 1.34. The highest BCUT2D eigenvalue weighted by Crippen LogP contribution is 2.57. The zero-order valence-corrected chi connectivity index (χ0v) is 16.0. The summed E-state index contributed by atoms with van der Waals surface area (Å²) in [7, 11) is 0. The molecule has 4 fully saturated rings. The smallest absolute Gasteiger partial charge is 0.287 e. The van der Waals surface area contributed by atoms with Gasteiger partial charge in [-0.25, -0.2) is 4.98 Å². The molecule has 2 atom stereocenters. The van der Waals surface area contributed by atoms with Gasteiger partial charge in [-0.05, 0) is 75.2 Å². The molecule has 0 aliphatic heterocycles. The first-order valence-corrected chi connectivity index (χ1v) is 10.8. The van der Waals surface area contributed by atoms with Crippen LogP contribution in [0.5, 0.6) is 0 Å². The van der Waals surface area contributed by atoms with E-state index in [0.29, 0.717) is 28.5 Å². The van der Waals surface area contributed by atoms with Gasteiger partial charge in [-0.15, -0.1) is 11.3 Å². The fourth-order valence-electron chi connectivity index (χ4n) is 6.77. The van der Waals surface area contributed by atoms with E-state index in [4.69, 9.17) is 0 Å². The number of H-pyrrole nitrogens is 1. The molecule has 7 rings (SSSR count). The summed E-state index contributed by atoms with van der Waals surface area (Å²) < 4.78 is 0. The van der Waals surface area contributed by atoms with Crippen molar-refractivity contribution in [3.8, 4) is 0 Å². The molecule has 2 aromatic heterocycles. The lowest BCUT2D eigenvalue weighted by Gasteiger charge is -2.60. The molecule has 2 unspecified atom stereocenters. The van der Waals surface area contributed by atoms with Gasteiger partial charge in [0.2, 0.25) is 5.82 Å². The third-order valence-corrected chi connectivity index (χ3v) is 8.38. The van der Waals surface area contributed by atoms with Crippen molar-refractivity contribution in [3.05, 3.63) is 26.6 Å². The number of aryl methyl sites for hydroxylation is 2. The summed E-state index contributed by atoms with van der Waals surface area (Å²) in [6.45, 7) is 0. The van der Waals surface area contributed by atoms with Gasteiger partial charge in [0.05, 0.1) is 11.0 Å². The van der Waals surface area contributed by atoms with Crippen molar-refractivity contribution < 1.29 is 9.90 Å². The summed E-state index contributed by atoms with van der Waals surface area (Å²) in [6, 6.07) is 0. The van der Waals surface area contributed by atoms with Crippen molar-refractivity contribution in [1.82, 2.24) is 15.3 Å². The molecule has 4 bridgehead atoms. The van der Waals surface area contributed by atoms with Gasteiger partial charge in [0.25, 0.3) is 11.5 Å². The lowest BCUT2D eigenvalue weighted by molar-refractivity contribution is -0.139. The Morgan fingerprint density at radius 1 is 1.22 bits per heavy atom. The molecule has 5 aliphatic rings. The van der Waals surface area contributed by atoms with Gasteiger partial charge in [-0.2, -0.15) is 0 Å². The predicted octanol–water partition coefficient (Wildman–Crippen LogP) is 2.29. The van der Waals surface area contributed by atoms with Gasteiger partial charge < -0.3 is 15.4 Å². The van der Waals surface area contributed by atoms with Crippen molar-refractivity contribution in [3.63, 3.8) is 0 Å². The average Bonchev–Trinajstić information content (AvgIpc) is 3.11. The first kappa shape index (κ1) is 16.2. The monoisotopic (exact) mass is 385 g/mol. The predicted molar refractivity (Wildman–Crippen MR) is 102 cm³/mol. The van der Waals surface area contributed by atoms with E-state index in [2.05, 4.69) is 15.3 Å². The van der Waals surface area contributed by atoms with E-state index >= 15 is 0 Å². The topological polar surface area (TPSA) is 95.1 Å². The third kappa shape index (κ3) is 2.37. The van der Waals surface area contributed by atoms with Crippen molar-refractivity contribution in [2.75, 3.05) is 0 Å². The molecule has 2 heterocycles. The van der Waals surface area contributed by atoms with E-state index in [1.165, 1.54) is 11.3 Å². The summed E-state index contributed by atoms with van der Waals surface area (Å²) in [5.74, 6) is 0.779. The van der Waals surface area contributed by atoms with E-state index in [1.807, 2.05) is 0 Å². The largest absolute Gasteiger partial charge is 0.390 e. The van der Waals surface area contributed by atoms with Gasteiger partial charge in [-0.1, -0.05) is 0 Å². The summed E-state index contributed by atoms with van der Waals surface area (Å²) in [6.07, 6.45) is 8.39. The number of amides is 1. The van der Waals surface area contributed by atoms with Crippen LogP contribution < -0.4 is 10.9 Å². The van der Waals surface area contributed by atoms with Gasteiger partial charge in [-0.3, -0.25) is 9.59 Å². The molecule has 5 aliphatic carbocycles. The molecular weight excluding hydrogens is 362 g/mol. The minimum Gasteiger partial charge on any atom is -0.390 e. The lowest BCUT2D eigenvalue weighted by atomic mass is 9.51. The Kier molecular flexibility index (Phi) is 3.13. The van der Waals surface area contributed by atoms with Crippen LogP contribution in [0.1, 0.15) is 66.0 Å². The maximum atomic E-state index is 13.0. The molecule has 7 heteroatoms. The highest BCUT2D eigenvalue weighted by Gasteiger charge is 2.57. The number of rotatable bonds is 2. The van der Waals surface area contributed by atoms with Crippen molar-refractivity contribution in [2.45, 2.75) is 68.9 Å². The summed E-state index contributed by atoms with van der Waals surface area (Å²) >= 11 is 1.55. The Bertz CT molecular complexity index is 1030. The van der Waals surface area contributed by atoms with Crippen LogP contribution in [0.15, 0.2) is 4.79 Å². The van der Waals surface area contributed by atoms with Crippen LogP contribution in [0.2, 0.25) is 0 Å². The lowest BCUT2D eigenvalue weighted by Crippen LogP contribution is -2.65. The molecule has 0 radical (unpaired) electrons. The van der Waals surface area contributed by atoms with E-state index in [-0.39, 0.29) is 22.8 Å². The molecule has 3 N–H and O–H groups in total. The van der Waals surface area contributed by atoms with E-state index in [9.17, 15) is 14.7 Å². The molecule has 0 spiro atoms. The molecule has 142 valence electrons. The molecule has 4 saturated carbocycles. The number of hydrogen-bond donors (Lipinski definition) is 3. The number of nitrogens with zero attached hydrogens (tertiary/aromatic N) is 1. The number of nitrogens with one attached hydrogen (secondary N) is 2. The number of aliphatic hydroxyl groups is 1. The van der Waals surface area contributed by atoms with Crippen LogP contribution >= 0.6 is 11.3 Å². The zero-order chi connectivity index (χ0) is 18.4. The maximum absolute atomic E-state index is 13.0. The maximum Gasteiger partial charge on any atom is 0.287 e. The number of aromatic nitrogens is 2. The number of carbonyl (C=O) groups excluding carboxylic acids is 1.